The predicted molar refractivity (Wildman–Crippen MR) is 90.0 cm³/mol. The quantitative estimate of drug-likeness (QED) is 0.440. The minimum absolute atomic E-state index is 0.102. The summed E-state index contributed by atoms with van der Waals surface area (Å²) in [5.41, 5.74) is 8.33. The lowest BCUT2D eigenvalue weighted by Gasteiger charge is -2.18. The van der Waals surface area contributed by atoms with E-state index < -0.39 is 10.0 Å². The molecular weight excluding hydrogens is 322 g/mol. The summed E-state index contributed by atoms with van der Waals surface area (Å²) in [7, 11) is -3.49. The molecule has 0 radical (unpaired) electrons. The molecule has 1 aromatic carbocycles. The van der Waals surface area contributed by atoms with Crippen molar-refractivity contribution >= 4 is 38.6 Å². The molecule has 0 aliphatic heterocycles. The van der Waals surface area contributed by atoms with Crippen molar-refractivity contribution < 1.29 is 8.42 Å². The molecule has 1 aromatic rings. The Hall–Kier alpha value is -2.02. The number of nitrogens with one attached hydrogen (secondary N) is 1. The van der Waals surface area contributed by atoms with Gasteiger partial charge >= 0.3 is 0 Å². The largest absolute Gasteiger partial charge is 0.387 e. The maximum atomic E-state index is 12.3. The van der Waals surface area contributed by atoms with Crippen molar-refractivity contribution in [1.29, 1.82) is 5.26 Å². The molecule has 0 aromatic heterocycles. The lowest BCUT2D eigenvalue weighted by Crippen LogP contribution is -2.30. The van der Waals surface area contributed by atoms with Gasteiger partial charge in [0.1, 0.15) is 11.1 Å². The second kappa shape index (κ2) is 7.84. The summed E-state index contributed by atoms with van der Waals surface area (Å²) >= 11 is 4.66. The number of nitrogens with two attached hydrogens (primary N) is 1. The maximum absolute atomic E-state index is 12.3. The number of benzene rings is 1. The molecule has 0 aliphatic rings. The zero-order chi connectivity index (χ0) is 16.8. The van der Waals surface area contributed by atoms with Gasteiger partial charge in [-0.15, -0.1) is 0 Å². The SMILES string of the molecule is CCN(CC)S(=O)(=O)c1ccc(N/N=C(\C#N)C(N)=S)cc1. The molecule has 0 atom stereocenters. The normalized spacial score (nSPS) is 12.0. The zero-order valence-electron chi connectivity index (χ0n) is 12.3. The molecule has 22 heavy (non-hydrogen) atoms. The lowest BCUT2D eigenvalue weighted by atomic mass is 10.3. The Morgan fingerprint density at radius 2 is 1.91 bits per heavy atom. The average molecular weight is 339 g/mol. The van der Waals surface area contributed by atoms with Crippen LogP contribution in [0.3, 0.4) is 0 Å². The van der Waals surface area contributed by atoms with Gasteiger partial charge in [0, 0.05) is 13.1 Å². The first-order valence-electron chi connectivity index (χ1n) is 6.50. The zero-order valence-corrected chi connectivity index (χ0v) is 13.9. The maximum Gasteiger partial charge on any atom is 0.243 e. The molecule has 0 saturated heterocycles. The molecule has 0 fully saturated rings. The van der Waals surface area contributed by atoms with Crippen LogP contribution in [0.2, 0.25) is 0 Å². The van der Waals surface area contributed by atoms with E-state index in [1.165, 1.54) is 16.4 Å². The molecule has 0 spiro atoms. The monoisotopic (exact) mass is 339 g/mol. The Kier molecular flexibility index (Phi) is 6.42. The number of sulfonamides is 1. The topological polar surface area (TPSA) is 112 Å². The van der Waals surface area contributed by atoms with E-state index in [4.69, 9.17) is 11.0 Å². The average Bonchev–Trinajstić information content (AvgIpc) is 2.49. The third-order valence-corrected chi connectivity index (χ3v) is 5.09. The summed E-state index contributed by atoms with van der Waals surface area (Å²) < 4.78 is 26.0. The van der Waals surface area contributed by atoms with Gasteiger partial charge in [-0.25, -0.2) is 8.42 Å². The first-order valence-corrected chi connectivity index (χ1v) is 8.35. The predicted octanol–water partition coefficient (Wildman–Crippen LogP) is 1.29. The van der Waals surface area contributed by atoms with Crippen LogP contribution >= 0.6 is 12.2 Å². The van der Waals surface area contributed by atoms with Crippen LogP contribution in [-0.2, 0) is 10.0 Å². The highest BCUT2D eigenvalue weighted by molar-refractivity contribution is 7.89. The second-order valence-corrected chi connectivity index (χ2v) is 6.54. The second-order valence-electron chi connectivity index (χ2n) is 4.16. The van der Waals surface area contributed by atoms with E-state index in [0.29, 0.717) is 18.8 Å². The molecule has 0 amide bonds. The van der Waals surface area contributed by atoms with Gasteiger partial charge in [-0.05, 0) is 24.3 Å². The smallest absolute Gasteiger partial charge is 0.243 e. The molecular formula is C13H17N5O2S2. The number of anilines is 1. The van der Waals surface area contributed by atoms with E-state index in [2.05, 4.69) is 22.7 Å². The first kappa shape index (κ1) is 18.0. The number of rotatable bonds is 7. The van der Waals surface area contributed by atoms with Crippen molar-refractivity contribution in [2.75, 3.05) is 18.5 Å². The van der Waals surface area contributed by atoms with Gasteiger partial charge in [-0.1, -0.05) is 26.1 Å². The highest BCUT2D eigenvalue weighted by atomic mass is 32.2. The van der Waals surface area contributed by atoms with Crippen molar-refractivity contribution in [1.82, 2.24) is 4.31 Å². The number of hydrogen-bond donors (Lipinski definition) is 2. The number of nitriles is 1. The number of hydrogen-bond acceptors (Lipinski definition) is 6. The Morgan fingerprint density at radius 3 is 2.32 bits per heavy atom. The number of nitrogens with zero attached hydrogens (tertiary/aromatic N) is 3. The third kappa shape index (κ3) is 4.24. The van der Waals surface area contributed by atoms with Crippen molar-refractivity contribution in [3.05, 3.63) is 24.3 Å². The van der Waals surface area contributed by atoms with Crippen molar-refractivity contribution in [2.45, 2.75) is 18.7 Å². The van der Waals surface area contributed by atoms with Gasteiger partial charge in [-0.2, -0.15) is 14.7 Å². The highest BCUT2D eigenvalue weighted by Gasteiger charge is 2.21. The van der Waals surface area contributed by atoms with Crippen LogP contribution in [-0.4, -0.2) is 36.5 Å². The van der Waals surface area contributed by atoms with E-state index in [1.807, 2.05) is 0 Å². The third-order valence-electron chi connectivity index (χ3n) is 2.83. The van der Waals surface area contributed by atoms with Crippen LogP contribution in [0.1, 0.15) is 13.8 Å². The van der Waals surface area contributed by atoms with Gasteiger partial charge in [0.05, 0.1) is 10.6 Å². The van der Waals surface area contributed by atoms with Gasteiger partial charge in [0.2, 0.25) is 10.0 Å². The van der Waals surface area contributed by atoms with Crippen LogP contribution < -0.4 is 11.2 Å². The summed E-state index contributed by atoms with van der Waals surface area (Å²) in [4.78, 5) is 0.0799. The highest BCUT2D eigenvalue weighted by Crippen LogP contribution is 2.18. The van der Waals surface area contributed by atoms with Crippen molar-refractivity contribution in [3.8, 4) is 6.07 Å². The van der Waals surface area contributed by atoms with E-state index in [0.717, 1.165) is 0 Å². The lowest BCUT2D eigenvalue weighted by molar-refractivity contribution is 0.445. The van der Waals surface area contributed by atoms with Crippen LogP contribution in [0.4, 0.5) is 5.69 Å². The van der Waals surface area contributed by atoms with E-state index in [-0.39, 0.29) is 15.6 Å². The minimum atomic E-state index is -3.49. The fraction of sp³-hybridized carbons (Fsp3) is 0.308. The molecule has 0 heterocycles. The minimum Gasteiger partial charge on any atom is -0.387 e. The first-order chi connectivity index (χ1) is 10.4. The Bertz CT molecular complexity index is 701. The molecule has 118 valence electrons. The van der Waals surface area contributed by atoms with Crippen molar-refractivity contribution in [3.63, 3.8) is 0 Å². The molecule has 3 N–H and O–H groups in total. The van der Waals surface area contributed by atoms with Crippen molar-refractivity contribution in [2.24, 2.45) is 10.8 Å². The summed E-state index contributed by atoms with van der Waals surface area (Å²) in [6.07, 6.45) is 0. The van der Waals surface area contributed by atoms with Crippen LogP contribution in [0.5, 0.6) is 0 Å². The molecule has 7 nitrogen and oxygen atoms in total. The molecule has 0 bridgehead atoms. The standard InChI is InChI=1S/C13H17N5O2S2/c1-3-18(4-2)22(19,20)11-7-5-10(6-8-11)16-17-12(9-14)13(15)21/h5-8,16H,3-4H2,1-2H3,(H2,15,21)/b17-12+. The molecule has 1 rings (SSSR count). The number of hydrazone groups is 1. The molecule has 0 aliphatic carbocycles. The summed E-state index contributed by atoms with van der Waals surface area (Å²) in [5.74, 6) is 0. The van der Waals surface area contributed by atoms with E-state index in [1.54, 1.807) is 32.0 Å². The molecule has 0 saturated carbocycles. The van der Waals surface area contributed by atoms with Gasteiger partial charge in [0.15, 0.2) is 5.71 Å². The van der Waals surface area contributed by atoms with E-state index in [9.17, 15) is 8.42 Å². The van der Waals surface area contributed by atoms with E-state index >= 15 is 0 Å². The van der Waals surface area contributed by atoms with Crippen LogP contribution in [0.25, 0.3) is 0 Å². The van der Waals surface area contributed by atoms with Gasteiger partial charge in [-0.3, -0.25) is 5.43 Å². The van der Waals surface area contributed by atoms with Crippen LogP contribution in [0.15, 0.2) is 34.3 Å². The number of thiocarbonyl (C=S) groups is 1. The fourth-order valence-electron chi connectivity index (χ4n) is 1.67. The van der Waals surface area contributed by atoms with Gasteiger partial charge < -0.3 is 5.73 Å². The summed E-state index contributed by atoms with van der Waals surface area (Å²) in [6, 6.07) is 7.80. The Balaban J connectivity index is 2.97. The molecule has 0 unspecified atom stereocenters. The molecule has 9 heteroatoms. The van der Waals surface area contributed by atoms with Gasteiger partial charge in [0.25, 0.3) is 0 Å². The van der Waals surface area contributed by atoms with Crippen LogP contribution in [0, 0.1) is 11.3 Å². The summed E-state index contributed by atoms with van der Waals surface area (Å²) in [5, 5.41) is 12.5. The Labute approximate surface area is 135 Å². The summed E-state index contributed by atoms with van der Waals surface area (Å²) in [6.45, 7) is 4.38. The fourth-order valence-corrected chi connectivity index (χ4v) is 3.22. The Morgan fingerprint density at radius 1 is 1.36 bits per heavy atom.